The third-order valence-electron chi connectivity index (χ3n) is 10.1. The Kier molecular flexibility index (Phi) is 6.93. The number of para-hydroxylation sites is 1. The molecule has 0 unspecified atom stereocenters. The fraction of sp³-hybridized carbons (Fsp3) is 0. The molecule has 0 radical (unpaired) electrons. The molecule has 0 atom stereocenters. The van der Waals surface area contributed by atoms with Gasteiger partial charge in [-0.15, -0.1) is 21.5 Å². The van der Waals surface area contributed by atoms with Crippen molar-refractivity contribution in [3.05, 3.63) is 170 Å². The molecule has 0 saturated carbocycles. The first kappa shape index (κ1) is 30.5. The second-order valence-corrected chi connectivity index (χ2v) is 14.5. The van der Waals surface area contributed by atoms with E-state index in [-0.39, 0.29) is 0 Å². The molecule has 11 rings (SSSR count). The fourth-order valence-electron chi connectivity index (χ4n) is 7.40. The molecule has 0 N–H and O–H groups in total. The third kappa shape index (κ3) is 5.13. The normalized spacial score (nSPS) is 11.7. The summed E-state index contributed by atoms with van der Waals surface area (Å²) in [5.74, 6) is 1.86. The molecular weight excluding hydrogens is 681 g/mol. The Morgan fingerprint density at radius 1 is 0.389 bits per heavy atom. The highest BCUT2D eigenvalue weighted by molar-refractivity contribution is 7.25. The second-order valence-electron chi connectivity index (χ2n) is 13.4. The van der Waals surface area contributed by atoms with Gasteiger partial charge in [0.25, 0.3) is 0 Å². The quantitative estimate of drug-likeness (QED) is 0.166. The van der Waals surface area contributed by atoms with Gasteiger partial charge < -0.3 is 0 Å². The van der Waals surface area contributed by atoms with Crippen LogP contribution in [-0.2, 0) is 0 Å². The number of fused-ring (bicyclic) bond motifs is 8. The second kappa shape index (κ2) is 12.3. The standard InChI is InChI=1S/C47H28N6S/c1-3-9-29(10-4-1)30-15-20-33(21-16-30)45-48-46(50-47(49-45)35-23-25-38-37-13-7-8-14-41(37)54-42(38)28-35)34-22-18-31-17-19-32-24-26-40-44(43(32)39(31)27-34)52-53(51-40)36-11-5-2-6-12-36/h1-28H. The van der Waals surface area contributed by atoms with Gasteiger partial charge in [0.15, 0.2) is 17.5 Å². The molecule has 0 aliphatic carbocycles. The number of hydrogen-bond acceptors (Lipinski definition) is 6. The summed E-state index contributed by atoms with van der Waals surface area (Å²) in [6.07, 6.45) is 0. The van der Waals surface area contributed by atoms with E-state index in [0.717, 1.165) is 60.5 Å². The maximum atomic E-state index is 5.17. The Balaban J connectivity index is 1.10. The smallest absolute Gasteiger partial charge is 0.164 e. The first-order valence-electron chi connectivity index (χ1n) is 17.8. The maximum absolute atomic E-state index is 5.17. The molecule has 0 amide bonds. The van der Waals surface area contributed by atoms with Gasteiger partial charge in [0.1, 0.15) is 11.0 Å². The van der Waals surface area contributed by atoms with Crippen LogP contribution in [0.3, 0.4) is 0 Å². The van der Waals surface area contributed by atoms with Crippen molar-refractivity contribution in [1.29, 1.82) is 0 Å². The summed E-state index contributed by atoms with van der Waals surface area (Å²) in [4.78, 5) is 17.1. The Morgan fingerprint density at radius 2 is 0.963 bits per heavy atom. The van der Waals surface area contributed by atoms with Crippen LogP contribution in [0.25, 0.3) is 104 Å². The van der Waals surface area contributed by atoms with Crippen molar-refractivity contribution in [2.75, 3.05) is 0 Å². The van der Waals surface area contributed by atoms with Gasteiger partial charge in [0, 0.05) is 42.2 Å². The highest BCUT2D eigenvalue weighted by Crippen LogP contribution is 2.37. The summed E-state index contributed by atoms with van der Waals surface area (Å²) in [6, 6.07) is 58.9. The minimum atomic E-state index is 0.609. The molecule has 3 heterocycles. The van der Waals surface area contributed by atoms with Crippen LogP contribution in [0.2, 0.25) is 0 Å². The van der Waals surface area contributed by atoms with Crippen molar-refractivity contribution in [3.63, 3.8) is 0 Å². The molecule has 6 nitrogen and oxygen atoms in total. The first-order valence-corrected chi connectivity index (χ1v) is 18.7. The van der Waals surface area contributed by atoms with Crippen molar-refractivity contribution in [1.82, 2.24) is 29.9 Å². The van der Waals surface area contributed by atoms with E-state index in [1.54, 1.807) is 16.1 Å². The van der Waals surface area contributed by atoms with Crippen LogP contribution >= 0.6 is 11.3 Å². The van der Waals surface area contributed by atoms with Crippen LogP contribution < -0.4 is 0 Å². The van der Waals surface area contributed by atoms with Gasteiger partial charge in [-0.25, -0.2) is 15.0 Å². The number of aromatic nitrogens is 6. The van der Waals surface area contributed by atoms with E-state index in [4.69, 9.17) is 25.1 Å². The molecule has 54 heavy (non-hydrogen) atoms. The molecule has 11 aromatic rings. The first-order chi connectivity index (χ1) is 26.7. The Labute approximate surface area is 313 Å². The molecule has 8 aromatic carbocycles. The lowest BCUT2D eigenvalue weighted by atomic mass is 9.98. The van der Waals surface area contributed by atoms with Gasteiger partial charge >= 0.3 is 0 Å². The average Bonchev–Trinajstić information content (AvgIpc) is 3.86. The van der Waals surface area contributed by atoms with Gasteiger partial charge in [-0.2, -0.15) is 4.80 Å². The third-order valence-corrected chi connectivity index (χ3v) is 11.3. The zero-order chi connectivity index (χ0) is 35.6. The lowest BCUT2D eigenvalue weighted by Crippen LogP contribution is -2.00. The van der Waals surface area contributed by atoms with Gasteiger partial charge in [-0.3, -0.25) is 0 Å². The SMILES string of the molecule is c1ccc(-c2ccc(-c3nc(-c4ccc5c(c4)sc4ccccc45)nc(-c4ccc5ccc6ccc7nn(-c8ccccc8)nc7c6c5c4)n3)cc2)cc1. The molecule has 7 heteroatoms. The predicted molar refractivity (Wildman–Crippen MR) is 222 cm³/mol. The van der Waals surface area contributed by atoms with Crippen LogP contribution in [0.5, 0.6) is 0 Å². The lowest BCUT2D eigenvalue weighted by molar-refractivity contribution is 0.766. The number of rotatable bonds is 5. The van der Waals surface area contributed by atoms with Crippen LogP contribution in [0, 0.1) is 0 Å². The lowest BCUT2D eigenvalue weighted by Gasteiger charge is -2.11. The predicted octanol–water partition coefficient (Wildman–Crippen LogP) is 11.9. The summed E-state index contributed by atoms with van der Waals surface area (Å²) in [5.41, 5.74) is 7.68. The van der Waals surface area contributed by atoms with E-state index in [1.807, 2.05) is 42.5 Å². The van der Waals surface area contributed by atoms with E-state index in [0.29, 0.717) is 17.5 Å². The molecule has 0 fully saturated rings. The Morgan fingerprint density at radius 3 is 1.78 bits per heavy atom. The van der Waals surface area contributed by atoms with E-state index in [2.05, 4.69) is 127 Å². The summed E-state index contributed by atoms with van der Waals surface area (Å²) in [5, 5.41) is 16.7. The van der Waals surface area contributed by atoms with E-state index in [1.165, 1.54) is 25.7 Å². The number of hydrogen-bond donors (Lipinski definition) is 0. The zero-order valence-corrected chi connectivity index (χ0v) is 29.6. The summed E-state index contributed by atoms with van der Waals surface area (Å²) < 4.78 is 2.47. The van der Waals surface area contributed by atoms with Crippen molar-refractivity contribution in [3.8, 4) is 51.0 Å². The van der Waals surface area contributed by atoms with E-state index in [9.17, 15) is 0 Å². The summed E-state index contributed by atoms with van der Waals surface area (Å²) >= 11 is 1.79. The fourth-order valence-corrected chi connectivity index (χ4v) is 8.55. The van der Waals surface area contributed by atoms with Crippen molar-refractivity contribution in [2.24, 2.45) is 0 Å². The molecule has 3 aromatic heterocycles. The van der Waals surface area contributed by atoms with Crippen molar-refractivity contribution < 1.29 is 0 Å². The number of thiophene rings is 1. The highest BCUT2D eigenvalue weighted by Gasteiger charge is 2.17. The Hall–Kier alpha value is -7.09. The monoisotopic (exact) mass is 708 g/mol. The zero-order valence-electron chi connectivity index (χ0n) is 28.8. The van der Waals surface area contributed by atoms with Gasteiger partial charge in [-0.1, -0.05) is 133 Å². The molecular formula is C47H28N6S. The average molecular weight is 709 g/mol. The van der Waals surface area contributed by atoms with Crippen LogP contribution in [-0.4, -0.2) is 29.9 Å². The van der Waals surface area contributed by atoms with Crippen LogP contribution in [0.15, 0.2) is 170 Å². The van der Waals surface area contributed by atoms with Crippen LogP contribution in [0.4, 0.5) is 0 Å². The topological polar surface area (TPSA) is 69.4 Å². The largest absolute Gasteiger partial charge is 0.208 e. The van der Waals surface area contributed by atoms with Crippen LogP contribution in [0.1, 0.15) is 0 Å². The van der Waals surface area contributed by atoms with Gasteiger partial charge in [-0.05, 0) is 63.7 Å². The van der Waals surface area contributed by atoms with E-state index < -0.39 is 0 Å². The maximum Gasteiger partial charge on any atom is 0.164 e. The Bertz CT molecular complexity index is 3210. The molecule has 0 aliphatic rings. The van der Waals surface area contributed by atoms with Gasteiger partial charge in [0.05, 0.1) is 5.69 Å². The minimum absolute atomic E-state index is 0.609. The molecule has 252 valence electrons. The highest BCUT2D eigenvalue weighted by atomic mass is 32.1. The summed E-state index contributed by atoms with van der Waals surface area (Å²) in [6.45, 7) is 0. The van der Waals surface area contributed by atoms with Gasteiger partial charge in [0.2, 0.25) is 0 Å². The molecule has 0 spiro atoms. The number of benzene rings is 8. The molecule has 0 bridgehead atoms. The van der Waals surface area contributed by atoms with Crippen molar-refractivity contribution >= 4 is 64.1 Å². The van der Waals surface area contributed by atoms with E-state index >= 15 is 0 Å². The molecule has 0 aliphatic heterocycles. The molecule has 0 saturated heterocycles. The summed E-state index contributed by atoms with van der Waals surface area (Å²) in [7, 11) is 0. The number of nitrogens with zero attached hydrogens (tertiary/aromatic N) is 6. The minimum Gasteiger partial charge on any atom is -0.208 e. The van der Waals surface area contributed by atoms with Crippen molar-refractivity contribution in [2.45, 2.75) is 0 Å².